The zero-order valence-corrected chi connectivity index (χ0v) is 11.7. The Morgan fingerprint density at radius 1 is 1.10 bits per heavy atom. The second-order valence-corrected chi connectivity index (χ2v) is 4.20. The average Bonchev–Trinajstić information content (AvgIpc) is 2.43. The fourth-order valence-electron chi connectivity index (χ4n) is 1.30. The van der Waals surface area contributed by atoms with Crippen LogP contribution in [-0.2, 0) is 28.6 Å². The van der Waals surface area contributed by atoms with E-state index in [0.29, 0.717) is 6.42 Å². The molecule has 0 aliphatic rings. The molecule has 2 N–H and O–H groups in total. The number of carbonyl (C=O) groups excluding carboxylic acids is 3. The van der Waals surface area contributed by atoms with Crippen molar-refractivity contribution in [3.8, 4) is 0 Å². The van der Waals surface area contributed by atoms with Gasteiger partial charge < -0.3 is 24.4 Å². The lowest BCUT2D eigenvalue weighted by Gasteiger charge is -2.23. The Morgan fingerprint density at radius 3 is 2.10 bits per heavy atom. The van der Waals surface area contributed by atoms with Crippen LogP contribution in [0.25, 0.3) is 0 Å². The lowest BCUT2D eigenvalue weighted by atomic mass is 9.95. The summed E-state index contributed by atoms with van der Waals surface area (Å²) in [5.41, 5.74) is -2.35. The number of aliphatic hydroxyl groups is 2. The summed E-state index contributed by atoms with van der Waals surface area (Å²) in [7, 11) is 2.09. The predicted octanol–water partition coefficient (Wildman–Crippen LogP) is -0.842. The molecule has 2 unspecified atom stereocenters. The van der Waals surface area contributed by atoms with E-state index >= 15 is 0 Å². The average molecular weight is 292 g/mol. The highest BCUT2D eigenvalue weighted by Crippen LogP contribution is 2.19. The van der Waals surface area contributed by atoms with Gasteiger partial charge in [-0.1, -0.05) is 6.92 Å². The molecule has 0 aliphatic carbocycles. The summed E-state index contributed by atoms with van der Waals surface area (Å²) in [5, 5.41) is 19.3. The van der Waals surface area contributed by atoms with Crippen LogP contribution in [0.5, 0.6) is 0 Å². The number of hydrogen-bond donors (Lipinski definition) is 2. The zero-order valence-electron chi connectivity index (χ0n) is 11.7. The van der Waals surface area contributed by atoms with Crippen molar-refractivity contribution in [3.63, 3.8) is 0 Å². The molecule has 0 amide bonds. The Kier molecular flexibility index (Phi) is 7.78. The van der Waals surface area contributed by atoms with Crippen LogP contribution in [0.1, 0.15) is 26.2 Å². The van der Waals surface area contributed by atoms with Crippen molar-refractivity contribution in [2.24, 2.45) is 0 Å². The highest BCUT2D eigenvalue weighted by Gasteiger charge is 2.42. The maximum atomic E-state index is 11.5. The number of hydrogen-bond acceptors (Lipinski definition) is 8. The molecule has 0 rings (SSSR count). The molecule has 0 saturated carbocycles. The molecule has 8 heteroatoms. The van der Waals surface area contributed by atoms with E-state index in [1.807, 2.05) is 0 Å². The van der Waals surface area contributed by atoms with Crippen molar-refractivity contribution >= 4 is 17.9 Å². The molecular formula is C12H20O8. The standard InChI is InChI=1S/C12H20O8/c1-4-8(13)7-20-10(15)6-12(17,11(16)19-3)5-9(14)18-2/h8,13,17H,4-7H2,1-3H3. The van der Waals surface area contributed by atoms with Gasteiger partial charge in [-0.25, -0.2) is 4.79 Å². The summed E-state index contributed by atoms with van der Waals surface area (Å²) < 4.78 is 13.4. The summed E-state index contributed by atoms with van der Waals surface area (Å²) in [6.45, 7) is 1.44. The monoisotopic (exact) mass is 292 g/mol. The first-order valence-electron chi connectivity index (χ1n) is 6.00. The van der Waals surface area contributed by atoms with Gasteiger partial charge in [0.15, 0.2) is 5.60 Å². The summed E-state index contributed by atoms with van der Waals surface area (Å²) in [4.78, 5) is 34.2. The summed E-state index contributed by atoms with van der Waals surface area (Å²) in [6.07, 6.45) is -1.95. The third kappa shape index (κ3) is 5.98. The molecule has 20 heavy (non-hydrogen) atoms. The number of methoxy groups -OCH3 is 2. The topological polar surface area (TPSA) is 119 Å². The van der Waals surface area contributed by atoms with E-state index in [4.69, 9.17) is 4.74 Å². The summed E-state index contributed by atoms with van der Waals surface area (Å²) >= 11 is 0. The molecular weight excluding hydrogens is 272 g/mol. The minimum absolute atomic E-state index is 0.259. The number of esters is 3. The predicted molar refractivity (Wildman–Crippen MR) is 65.5 cm³/mol. The van der Waals surface area contributed by atoms with Crippen LogP contribution in [0.2, 0.25) is 0 Å². The van der Waals surface area contributed by atoms with Crippen LogP contribution in [0.15, 0.2) is 0 Å². The second kappa shape index (κ2) is 8.49. The van der Waals surface area contributed by atoms with Crippen LogP contribution < -0.4 is 0 Å². The Hall–Kier alpha value is -1.67. The molecule has 0 bridgehead atoms. The minimum atomic E-state index is -2.35. The molecule has 0 aliphatic heterocycles. The van der Waals surface area contributed by atoms with Crippen molar-refractivity contribution < 1.29 is 38.8 Å². The molecule has 0 aromatic rings. The Morgan fingerprint density at radius 2 is 1.65 bits per heavy atom. The first kappa shape index (κ1) is 18.3. The van der Waals surface area contributed by atoms with E-state index in [1.54, 1.807) is 6.92 Å². The van der Waals surface area contributed by atoms with Gasteiger partial charge in [0.1, 0.15) is 6.61 Å². The number of ether oxygens (including phenoxy) is 3. The normalized spacial score (nSPS) is 14.8. The molecule has 0 spiro atoms. The SMILES string of the molecule is CCC(O)COC(=O)CC(O)(CC(=O)OC)C(=O)OC. The summed E-state index contributed by atoms with van der Waals surface area (Å²) in [5.74, 6) is -2.95. The van der Waals surface area contributed by atoms with Gasteiger partial charge in [-0.3, -0.25) is 9.59 Å². The van der Waals surface area contributed by atoms with Gasteiger partial charge in [0.05, 0.1) is 33.2 Å². The van der Waals surface area contributed by atoms with E-state index in [2.05, 4.69) is 9.47 Å². The third-order valence-electron chi connectivity index (χ3n) is 2.57. The van der Waals surface area contributed by atoms with Crippen molar-refractivity contribution in [2.75, 3.05) is 20.8 Å². The highest BCUT2D eigenvalue weighted by atomic mass is 16.6. The molecule has 0 aromatic carbocycles. The van der Waals surface area contributed by atoms with Gasteiger partial charge in [-0.05, 0) is 6.42 Å². The quantitative estimate of drug-likeness (QED) is 0.439. The maximum Gasteiger partial charge on any atom is 0.339 e. The van der Waals surface area contributed by atoms with Crippen LogP contribution >= 0.6 is 0 Å². The van der Waals surface area contributed by atoms with Crippen LogP contribution in [0, 0.1) is 0 Å². The largest absolute Gasteiger partial charge is 0.469 e. The molecule has 8 nitrogen and oxygen atoms in total. The fraction of sp³-hybridized carbons (Fsp3) is 0.750. The van der Waals surface area contributed by atoms with Gasteiger partial charge >= 0.3 is 17.9 Å². The van der Waals surface area contributed by atoms with Crippen LogP contribution in [0.3, 0.4) is 0 Å². The van der Waals surface area contributed by atoms with E-state index in [-0.39, 0.29) is 6.61 Å². The maximum absolute atomic E-state index is 11.5. The molecule has 0 aromatic heterocycles. The van der Waals surface area contributed by atoms with Crippen LogP contribution in [-0.4, -0.2) is 60.7 Å². The van der Waals surface area contributed by atoms with Crippen LogP contribution in [0.4, 0.5) is 0 Å². The second-order valence-electron chi connectivity index (χ2n) is 4.20. The molecule has 0 saturated heterocycles. The van der Waals surface area contributed by atoms with Crippen molar-refractivity contribution in [1.29, 1.82) is 0 Å². The van der Waals surface area contributed by atoms with Gasteiger partial charge in [0.25, 0.3) is 0 Å². The lowest BCUT2D eigenvalue weighted by molar-refractivity contribution is -0.175. The zero-order chi connectivity index (χ0) is 15.8. The molecule has 0 heterocycles. The summed E-state index contributed by atoms with van der Waals surface area (Å²) in [6, 6.07) is 0. The first-order valence-corrected chi connectivity index (χ1v) is 6.00. The minimum Gasteiger partial charge on any atom is -0.469 e. The lowest BCUT2D eigenvalue weighted by Crippen LogP contribution is -2.44. The van der Waals surface area contributed by atoms with Crippen molar-refractivity contribution in [2.45, 2.75) is 37.9 Å². The molecule has 116 valence electrons. The van der Waals surface area contributed by atoms with E-state index in [9.17, 15) is 24.6 Å². The fourth-order valence-corrected chi connectivity index (χ4v) is 1.30. The Balaban J connectivity index is 4.68. The molecule has 0 radical (unpaired) electrons. The number of aliphatic hydroxyl groups excluding tert-OH is 1. The molecule has 0 fully saturated rings. The smallest absolute Gasteiger partial charge is 0.339 e. The van der Waals surface area contributed by atoms with Crippen molar-refractivity contribution in [1.82, 2.24) is 0 Å². The van der Waals surface area contributed by atoms with Gasteiger partial charge in [-0.15, -0.1) is 0 Å². The Bertz CT molecular complexity index is 353. The molecule has 2 atom stereocenters. The first-order chi connectivity index (χ1) is 9.28. The van der Waals surface area contributed by atoms with E-state index in [0.717, 1.165) is 14.2 Å². The number of rotatable bonds is 8. The van der Waals surface area contributed by atoms with Gasteiger partial charge in [0.2, 0.25) is 0 Å². The number of carbonyl (C=O) groups is 3. The van der Waals surface area contributed by atoms with Gasteiger partial charge in [-0.2, -0.15) is 0 Å². The third-order valence-corrected chi connectivity index (χ3v) is 2.57. The highest BCUT2D eigenvalue weighted by molar-refractivity contribution is 5.89. The van der Waals surface area contributed by atoms with E-state index < -0.39 is 42.5 Å². The van der Waals surface area contributed by atoms with Crippen molar-refractivity contribution in [3.05, 3.63) is 0 Å². The van der Waals surface area contributed by atoms with Gasteiger partial charge in [0, 0.05) is 0 Å². The Labute approximate surface area is 116 Å². The van der Waals surface area contributed by atoms with E-state index in [1.165, 1.54) is 0 Å².